The van der Waals surface area contributed by atoms with Crippen molar-refractivity contribution in [1.82, 2.24) is 20.6 Å². The lowest BCUT2D eigenvalue weighted by atomic mass is 10.2. The first kappa shape index (κ1) is 18.2. The van der Waals surface area contributed by atoms with Crippen molar-refractivity contribution in [2.45, 2.75) is 19.5 Å². The second kappa shape index (κ2) is 9.17. The van der Waals surface area contributed by atoms with E-state index in [1.54, 1.807) is 11.4 Å². The summed E-state index contributed by atoms with van der Waals surface area (Å²) in [5.41, 5.74) is 2.28. The van der Waals surface area contributed by atoms with Gasteiger partial charge in [-0.05, 0) is 17.7 Å². The molecule has 0 saturated heterocycles. The van der Waals surface area contributed by atoms with Crippen molar-refractivity contribution in [3.63, 3.8) is 0 Å². The molecule has 0 aliphatic heterocycles. The zero-order chi connectivity index (χ0) is 18.2. The number of halogens is 1. The van der Waals surface area contributed by atoms with Crippen LogP contribution in [-0.4, -0.2) is 22.4 Å². The number of nitrogens with one attached hydrogen (secondary N) is 2. The second-order valence-corrected chi connectivity index (χ2v) is 6.63. The molecule has 2 aromatic heterocycles. The van der Waals surface area contributed by atoms with Gasteiger partial charge in [0.15, 0.2) is 0 Å². The Bertz CT molecular complexity index is 836. The van der Waals surface area contributed by atoms with Gasteiger partial charge in [-0.25, -0.2) is 9.37 Å². The van der Waals surface area contributed by atoms with Gasteiger partial charge in [0.05, 0.1) is 16.9 Å². The number of hydrogen-bond donors (Lipinski definition) is 2. The molecule has 0 aliphatic rings. The van der Waals surface area contributed by atoms with Crippen LogP contribution < -0.4 is 10.6 Å². The van der Waals surface area contributed by atoms with Gasteiger partial charge in [0, 0.05) is 31.4 Å². The van der Waals surface area contributed by atoms with Gasteiger partial charge in [-0.15, -0.1) is 11.3 Å². The maximum atomic E-state index is 12.8. The molecule has 3 rings (SSSR count). The first-order valence-electron chi connectivity index (χ1n) is 8.28. The molecule has 1 amide bonds. The van der Waals surface area contributed by atoms with Gasteiger partial charge in [-0.2, -0.15) is 0 Å². The van der Waals surface area contributed by atoms with E-state index in [9.17, 15) is 9.18 Å². The minimum atomic E-state index is -0.338. The lowest BCUT2D eigenvalue weighted by Crippen LogP contribution is -2.23. The Morgan fingerprint density at radius 1 is 1.12 bits per heavy atom. The maximum Gasteiger partial charge on any atom is 0.271 e. The van der Waals surface area contributed by atoms with Gasteiger partial charge in [-0.1, -0.05) is 30.3 Å². The topological polar surface area (TPSA) is 66.9 Å². The number of benzene rings is 1. The van der Waals surface area contributed by atoms with Gasteiger partial charge in [0.25, 0.3) is 5.91 Å². The molecule has 0 radical (unpaired) electrons. The Kier molecular flexibility index (Phi) is 6.40. The molecular weight excluding hydrogens is 351 g/mol. The van der Waals surface area contributed by atoms with Crippen LogP contribution in [0.2, 0.25) is 0 Å². The zero-order valence-electron chi connectivity index (χ0n) is 14.1. The number of hydrogen-bond acceptors (Lipinski definition) is 5. The summed E-state index contributed by atoms with van der Waals surface area (Å²) in [6.45, 7) is 1.76. The van der Waals surface area contributed by atoms with E-state index in [0.717, 1.165) is 22.7 Å². The van der Waals surface area contributed by atoms with Crippen LogP contribution in [0.15, 0.2) is 54.0 Å². The molecule has 2 heterocycles. The van der Waals surface area contributed by atoms with Gasteiger partial charge >= 0.3 is 0 Å². The van der Waals surface area contributed by atoms with Gasteiger partial charge < -0.3 is 10.6 Å². The molecule has 0 bridgehead atoms. The smallest absolute Gasteiger partial charge is 0.271 e. The average molecular weight is 370 g/mol. The first-order chi connectivity index (χ1) is 12.7. The number of thiazole rings is 1. The molecular formula is C19H19FN4OS. The molecule has 1 aromatic carbocycles. The highest BCUT2D eigenvalue weighted by Crippen LogP contribution is 2.10. The van der Waals surface area contributed by atoms with Crippen LogP contribution in [0.3, 0.4) is 0 Å². The molecule has 134 valence electrons. The lowest BCUT2D eigenvalue weighted by Gasteiger charge is -2.03. The van der Waals surface area contributed by atoms with Crippen molar-refractivity contribution in [2.24, 2.45) is 0 Å². The third kappa shape index (κ3) is 5.44. The normalized spacial score (nSPS) is 10.7. The van der Waals surface area contributed by atoms with E-state index in [2.05, 4.69) is 20.6 Å². The fourth-order valence-electron chi connectivity index (χ4n) is 2.32. The van der Waals surface area contributed by atoms with E-state index >= 15 is 0 Å². The molecule has 0 atom stereocenters. The highest BCUT2D eigenvalue weighted by atomic mass is 32.1. The SMILES string of the molecule is O=C(NCc1ccccc1)c1csc(CCNCc2ccc(F)cn2)n1. The van der Waals surface area contributed by atoms with E-state index in [0.29, 0.717) is 25.3 Å². The average Bonchev–Trinajstić information content (AvgIpc) is 3.15. The summed E-state index contributed by atoms with van der Waals surface area (Å²) in [5.74, 6) is -0.505. The molecule has 3 aromatic rings. The Labute approximate surface area is 155 Å². The number of rotatable bonds is 8. The number of amides is 1. The highest BCUT2D eigenvalue weighted by Gasteiger charge is 2.10. The first-order valence-corrected chi connectivity index (χ1v) is 9.16. The molecule has 0 aliphatic carbocycles. The molecule has 5 nitrogen and oxygen atoms in total. The van der Waals surface area contributed by atoms with Gasteiger partial charge in [-0.3, -0.25) is 9.78 Å². The fraction of sp³-hybridized carbons (Fsp3) is 0.211. The number of nitrogens with zero attached hydrogens (tertiary/aromatic N) is 2. The summed E-state index contributed by atoms with van der Waals surface area (Å²) >= 11 is 1.47. The lowest BCUT2D eigenvalue weighted by molar-refractivity contribution is 0.0946. The third-order valence-electron chi connectivity index (χ3n) is 3.69. The van der Waals surface area contributed by atoms with Crippen LogP contribution in [0.4, 0.5) is 4.39 Å². The van der Waals surface area contributed by atoms with Crippen molar-refractivity contribution in [2.75, 3.05) is 6.54 Å². The van der Waals surface area contributed by atoms with Gasteiger partial charge in [0.2, 0.25) is 0 Å². The predicted octanol–water partition coefficient (Wildman–Crippen LogP) is 2.94. The van der Waals surface area contributed by atoms with E-state index in [1.807, 2.05) is 30.3 Å². The minimum Gasteiger partial charge on any atom is -0.347 e. The van der Waals surface area contributed by atoms with Crippen molar-refractivity contribution in [3.8, 4) is 0 Å². The summed E-state index contributed by atoms with van der Waals surface area (Å²) < 4.78 is 12.8. The van der Waals surface area contributed by atoms with E-state index in [4.69, 9.17) is 0 Å². The van der Waals surface area contributed by atoms with E-state index in [1.165, 1.54) is 23.6 Å². The fourth-order valence-corrected chi connectivity index (χ4v) is 3.10. The number of carbonyl (C=O) groups excluding carboxylic acids is 1. The standard InChI is InChI=1S/C19H19FN4OS/c20-15-6-7-16(22-11-15)12-21-9-8-18-24-17(13-26-18)19(25)23-10-14-4-2-1-3-5-14/h1-7,11,13,21H,8-10,12H2,(H,23,25). The van der Waals surface area contributed by atoms with Crippen molar-refractivity contribution >= 4 is 17.2 Å². The molecule has 0 fully saturated rings. The minimum absolute atomic E-state index is 0.167. The molecule has 7 heteroatoms. The van der Waals surface area contributed by atoms with E-state index in [-0.39, 0.29) is 11.7 Å². The van der Waals surface area contributed by atoms with Crippen LogP contribution in [-0.2, 0) is 19.5 Å². The maximum absolute atomic E-state index is 12.8. The summed E-state index contributed by atoms with van der Waals surface area (Å²) in [4.78, 5) is 20.5. The third-order valence-corrected chi connectivity index (χ3v) is 4.60. The summed E-state index contributed by atoms with van der Waals surface area (Å²) in [6.07, 6.45) is 1.93. The van der Waals surface area contributed by atoms with Crippen molar-refractivity contribution in [1.29, 1.82) is 0 Å². The Hall–Kier alpha value is -2.64. The predicted molar refractivity (Wildman–Crippen MR) is 99.3 cm³/mol. The molecule has 0 spiro atoms. The Balaban J connectivity index is 1.41. The summed E-state index contributed by atoms with van der Waals surface area (Å²) in [6, 6.07) is 12.8. The second-order valence-electron chi connectivity index (χ2n) is 5.69. The van der Waals surface area contributed by atoms with Crippen molar-refractivity contribution in [3.05, 3.63) is 81.8 Å². The molecule has 2 N–H and O–H groups in total. The quantitative estimate of drug-likeness (QED) is 0.599. The highest BCUT2D eigenvalue weighted by molar-refractivity contribution is 7.09. The number of carbonyl (C=O) groups is 1. The van der Waals surface area contributed by atoms with Crippen LogP contribution in [0.5, 0.6) is 0 Å². The van der Waals surface area contributed by atoms with Crippen LogP contribution in [0.1, 0.15) is 26.8 Å². The van der Waals surface area contributed by atoms with Crippen molar-refractivity contribution < 1.29 is 9.18 Å². The van der Waals surface area contributed by atoms with Crippen LogP contribution >= 0.6 is 11.3 Å². The van der Waals surface area contributed by atoms with Gasteiger partial charge in [0.1, 0.15) is 11.5 Å². The number of aromatic nitrogens is 2. The van der Waals surface area contributed by atoms with Crippen LogP contribution in [0.25, 0.3) is 0 Å². The molecule has 0 unspecified atom stereocenters. The Morgan fingerprint density at radius 2 is 1.96 bits per heavy atom. The molecule has 0 saturated carbocycles. The number of pyridine rings is 1. The molecule has 26 heavy (non-hydrogen) atoms. The summed E-state index contributed by atoms with van der Waals surface area (Å²) in [5, 5.41) is 8.78. The largest absolute Gasteiger partial charge is 0.347 e. The zero-order valence-corrected chi connectivity index (χ0v) is 14.9. The Morgan fingerprint density at radius 3 is 2.73 bits per heavy atom. The van der Waals surface area contributed by atoms with Crippen LogP contribution in [0, 0.1) is 5.82 Å². The van der Waals surface area contributed by atoms with E-state index < -0.39 is 0 Å². The monoisotopic (exact) mass is 370 g/mol. The summed E-state index contributed by atoms with van der Waals surface area (Å²) in [7, 11) is 0.